The van der Waals surface area contributed by atoms with Crippen LogP contribution >= 0.6 is 11.8 Å². The van der Waals surface area contributed by atoms with Gasteiger partial charge in [-0.05, 0) is 13.3 Å². The van der Waals surface area contributed by atoms with Gasteiger partial charge in [0.15, 0.2) is 0 Å². The lowest BCUT2D eigenvalue weighted by Crippen LogP contribution is -2.53. The number of amides is 2. The lowest BCUT2D eigenvalue weighted by molar-refractivity contribution is -0.138. The van der Waals surface area contributed by atoms with Crippen LogP contribution in [0.25, 0.3) is 0 Å². The van der Waals surface area contributed by atoms with Crippen molar-refractivity contribution < 1.29 is 19.4 Å². The van der Waals surface area contributed by atoms with Crippen LogP contribution in [0.1, 0.15) is 19.8 Å². The zero-order chi connectivity index (χ0) is 14.0. The summed E-state index contributed by atoms with van der Waals surface area (Å²) in [6, 6.07) is -0.858. The minimum absolute atomic E-state index is 0.0416. The van der Waals surface area contributed by atoms with Gasteiger partial charge in [-0.3, -0.25) is 9.59 Å². The van der Waals surface area contributed by atoms with Gasteiger partial charge in [-0.25, -0.2) is 0 Å². The number of carbonyl (C=O) groups is 2. The van der Waals surface area contributed by atoms with E-state index in [0.29, 0.717) is 12.2 Å². The van der Waals surface area contributed by atoms with Gasteiger partial charge in [-0.15, -0.1) is 11.8 Å². The molecule has 2 amide bonds. The highest BCUT2D eigenvalue weighted by atomic mass is 32.2. The summed E-state index contributed by atoms with van der Waals surface area (Å²) in [7, 11) is 1.52. The molecule has 0 aromatic heterocycles. The molecule has 2 heterocycles. The molecule has 108 valence electrons. The molecule has 0 radical (unpaired) electrons. The van der Waals surface area contributed by atoms with Crippen LogP contribution in [0.3, 0.4) is 0 Å². The van der Waals surface area contributed by atoms with E-state index in [1.807, 2.05) is 6.92 Å². The number of thioether (sulfide) groups is 1. The molecule has 0 spiro atoms. The van der Waals surface area contributed by atoms with Crippen LogP contribution in [-0.2, 0) is 14.3 Å². The van der Waals surface area contributed by atoms with Crippen molar-refractivity contribution in [2.45, 2.75) is 36.7 Å². The van der Waals surface area contributed by atoms with E-state index in [1.165, 1.54) is 7.11 Å². The second-order valence-corrected chi connectivity index (χ2v) is 6.61. The van der Waals surface area contributed by atoms with Crippen molar-refractivity contribution >= 4 is 23.6 Å². The van der Waals surface area contributed by atoms with Crippen LogP contribution in [0.2, 0.25) is 0 Å². The van der Waals surface area contributed by atoms with Crippen LogP contribution in [0, 0.1) is 0 Å². The van der Waals surface area contributed by atoms with E-state index in [9.17, 15) is 9.59 Å². The van der Waals surface area contributed by atoms with E-state index < -0.39 is 12.1 Å². The zero-order valence-electron chi connectivity index (χ0n) is 11.2. The maximum absolute atomic E-state index is 12.2. The first-order valence-electron chi connectivity index (χ1n) is 6.38. The monoisotopic (exact) mass is 288 g/mol. The number of carbonyl (C=O) groups excluding carboxylic acids is 2. The molecule has 0 aromatic rings. The van der Waals surface area contributed by atoms with Gasteiger partial charge in [-0.2, -0.15) is 0 Å². The van der Waals surface area contributed by atoms with Crippen molar-refractivity contribution in [3.63, 3.8) is 0 Å². The first-order chi connectivity index (χ1) is 9.01. The molecule has 2 rings (SSSR count). The Labute approximate surface area is 116 Å². The van der Waals surface area contributed by atoms with E-state index in [4.69, 9.17) is 9.84 Å². The fourth-order valence-corrected chi connectivity index (χ4v) is 4.09. The summed E-state index contributed by atoms with van der Waals surface area (Å²) in [6.07, 6.45) is 1.30. The van der Waals surface area contributed by atoms with Gasteiger partial charge in [0.05, 0.1) is 24.1 Å². The second kappa shape index (κ2) is 5.68. The number of nitrogens with zero attached hydrogens (tertiary/aromatic N) is 1. The van der Waals surface area contributed by atoms with E-state index in [0.717, 1.165) is 6.42 Å². The number of hydrogen-bond acceptors (Lipinski definition) is 5. The molecule has 2 fully saturated rings. The lowest BCUT2D eigenvalue weighted by atomic mass is 10.2. The van der Waals surface area contributed by atoms with Gasteiger partial charge < -0.3 is 20.1 Å². The quantitative estimate of drug-likeness (QED) is 0.717. The van der Waals surface area contributed by atoms with Gasteiger partial charge in [0.2, 0.25) is 11.8 Å². The highest BCUT2D eigenvalue weighted by molar-refractivity contribution is 8.01. The number of rotatable bonds is 5. The van der Waals surface area contributed by atoms with Crippen molar-refractivity contribution in [3.8, 4) is 0 Å². The van der Waals surface area contributed by atoms with Gasteiger partial charge in [0, 0.05) is 19.3 Å². The summed E-state index contributed by atoms with van der Waals surface area (Å²) in [6.45, 7) is 2.09. The van der Waals surface area contributed by atoms with Crippen LogP contribution in [-0.4, -0.2) is 64.9 Å². The van der Waals surface area contributed by atoms with Gasteiger partial charge >= 0.3 is 0 Å². The third-order valence-corrected chi connectivity index (χ3v) is 5.19. The average Bonchev–Trinajstić information content (AvgIpc) is 2.86. The third-order valence-electron chi connectivity index (χ3n) is 3.68. The topological polar surface area (TPSA) is 78.9 Å². The molecule has 0 saturated carbocycles. The predicted octanol–water partition coefficient (Wildman–Crippen LogP) is -0.436. The molecule has 2 aliphatic rings. The minimum Gasteiger partial charge on any atom is -0.394 e. The summed E-state index contributed by atoms with van der Waals surface area (Å²) < 4.78 is 4.93. The Morgan fingerprint density at radius 3 is 3.11 bits per heavy atom. The Morgan fingerprint density at radius 2 is 2.47 bits per heavy atom. The lowest BCUT2D eigenvalue weighted by Gasteiger charge is -2.30. The molecule has 19 heavy (non-hydrogen) atoms. The molecule has 3 atom stereocenters. The molecule has 2 aliphatic heterocycles. The Bertz CT molecular complexity index is 379. The van der Waals surface area contributed by atoms with Crippen molar-refractivity contribution in [2.24, 2.45) is 0 Å². The van der Waals surface area contributed by atoms with E-state index in [1.54, 1.807) is 16.7 Å². The van der Waals surface area contributed by atoms with Crippen LogP contribution in [0.5, 0.6) is 0 Å². The van der Waals surface area contributed by atoms with Crippen molar-refractivity contribution in [3.05, 3.63) is 0 Å². The Balaban J connectivity index is 2.02. The third kappa shape index (κ3) is 2.73. The van der Waals surface area contributed by atoms with E-state index in [-0.39, 0.29) is 29.9 Å². The molecule has 0 unspecified atom stereocenters. The molecule has 0 bridgehead atoms. The maximum Gasteiger partial charge on any atom is 0.244 e. The van der Waals surface area contributed by atoms with Crippen LogP contribution in [0.15, 0.2) is 0 Å². The molecule has 6 nitrogen and oxygen atoms in total. The molecule has 0 aromatic carbocycles. The number of fused-ring (bicyclic) bond motifs is 1. The van der Waals surface area contributed by atoms with Crippen LogP contribution < -0.4 is 5.32 Å². The largest absolute Gasteiger partial charge is 0.394 e. The fraction of sp³-hybridized carbons (Fsp3) is 0.833. The molecular weight excluding hydrogens is 268 g/mol. The standard InChI is InChI=1S/C12H20N2O4S/c1-12-4-3-10(16)14(12)9(7-19-12)11(17)13-8(5-15)6-18-2/h8-9,15H,3-7H2,1-2H3,(H,13,17)/t8-,9+,12+/m0/s1. The number of methoxy groups -OCH3 is 1. The molecular formula is C12H20N2O4S. The second-order valence-electron chi connectivity index (χ2n) is 5.11. The number of aliphatic hydroxyl groups is 1. The number of nitrogens with one attached hydrogen (secondary N) is 1. The normalized spacial score (nSPS) is 31.4. The predicted molar refractivity (Wildman–Crippen MR) is 71.6 cm³/mol. The Hall–Kier alpha value is -0.790. The van der Waals surface area contributed by atoms with Gasteiger partial charge in [0.25, 0.3) is 0 Å². The molecule has 0 aliphatic carbocycles. The van der Waals surface area contributed by atoms with E-state index in [2.05, 4.69) is 5.32 Å². The number of ether oxygens (including phenoxy) is 1. The maximum atomic E-state index is 12.2. The Kier molecular flexibility index (Phi) is 4.37. The zero-order valence-corrected chi connectivity index (χ0v) is 12.0. The number of aliphatic hydroxyl groups excluding tert-OH is 1. The van der Waals surface area contributed by atoms with Crippen molar-refractivity contribution in [2.75, 3.05) is 26.1 Å². The summed E-state index contributed by atoms with van der Waals surface area (Å²) in [5.41, 5.74) is 0. The molecule has 7 heteroatoms. The Morgan fingerprint density at radius 1 is 1.74 bits per heavy atom. The first kappa shape index (κ1) is 14.6. The fourth-order valence-electron chi connectivity index (χ4n) is 2.65. The van der Waals surface area contributed by atoms with Gasteiger partial charge in [-0.1, -0.05) is 0 Å². The van der Waals surface area contributed by atoms with E-state index >= 15 is 0 Å². The smallest absolute Gasteiger partial charge is 0.244 e. The highest BCUT2D eigenvalue weighted by Crippen LogP contribution is 2.47. The van der Waals surface area contributed by atoms with Gasteiger partial charge in [0.1, 0.15) is 6.04 Å². The molecule has 2 saturated heterocycles. The van der Waals surface area contributed by atoms with Crippen molar-refractivity contribution in [1.29, 1.82) is 0 Å². The molecule has 2 N–H and O–H groups in total. The highest BCUT2D eigenvalue weighted by Gasteiger charge is 2.52. The number of hydrogen-bond donors (Lipinski definition) is 2. The summed E-state index contributed by atoms with van der Waals surface area (Å²) in [5.74, 6) is 0.446. The van der Waals surface area contributed by atoms with Crippen LogP contribution in [0.4, 0.5) is 0 Å². The summed E-state index contributed by atoms with van der Waals surface area (Å²) >= 11 is 1.65. The average molecular weight is 288 g/mol. The SMILES string of the molecule is COC[C@H](CO)NC(=O)[C@H]1CS[C@]2(C)CCC(=O)N12. The minimum atomic E-state index is -0.434. The first-order valence-corrected chi connectivity index (χ1v) is 7.36. The summed E-state index contributed by atoms with van der Waals surface area (Å²) in [4.78, 5) is 25.6. The van der Waals surface area contributed by atoms with Crippen molar-refractivity contribution in [1.82, 2.24) is 10.2 Å². The summed E-state index contributed by atoms with van der Waals surface area (Å²) in [5, 5.41) is 11.9.